The molecule has 0 spiro atoms. The van der Waals surface area contributed by atoms with Crippen molar-refractivity contribution < 1.29 is 0 Å². The van der Waals surface area contributed by atoms with Crippen molar-refractivity contribution in [2.75, 3.05) is 38.1 Å². The number of nitrogens with zero attached hydrogens (tertiary/aromatic N) is 3. The van der Waals surface area contributed by atoms with Crippen LogP contribution in [0, 0.1) is 0 Å². The van der Waals surface area contributed by atoms with Crippen LogP contribution in [0.15, 0.2) is 18.3 Å². The first-order valence-corrected chi connectivity index (χ1v) is 6.81. The zero-order chi connectivity index (χ0) is 13.0. The minimum absolute atomic E-state index is 0.608. The summed E-state index contributed by atoms with van der Waals surface area (Å²) in [4.78, 5) is 9.18. The minimum Gasteiger partial charge on any atom is -0.360 e. The van der Waals surface area contributed by atoms with Crippen LogP contribution in [0.4, 0.5) is 5.82 Å². The van der Waals surface area contributed by atoms with Crippen molar-refractivity contribution in [1.82, 2.24) is 15.2 Å². The van der Waals surface area contributed by atoms with Gasteiger partial charge in [-0.25, -0.2) is 4.98 Å². The normalized spacial score (nSPS) is 20.9. The second kappa shape index (κ2) is 6.16. The summed E-state index contributed by atoms with van der Waals surface area (Å²) in [5.74, 6) is 1.05. The summed E-state index contributed by atoms with van der Waals surface area (Å²) < 4.78 is 0. The predicted octanol–water partition coefficient (Wildman–Crippen LogP) is 1.33. The molecule has 2 heterocycles. The Morgan fingerprint density at radius 1 is 1.50 bits per heavy atom. The minimum atomic E-state index is 0.608. The van der Waals surface area contributed by atoms with E-state index in [0.717, 1.165) is 38.5 Å². The quantitative estimate of drug-likeness (QED) is 0.871. The molecular weight excluding hydrogens is 224 g/mol. The summed E-state index contributed by atoms with van der Waals surface area (Å²) in [6.07, 6.45) is 2.01. The summed E-state index contributed by atoms with van der Waals surface area (Å²) in [6.45, 7) is 9.71. The van der Waals surface area contributed by atoms with Crippen LogP contribution in [0.2, 0.25) is 0 Å². The van der Waals surface area contributed by atoms with Gasteiger partial charge < -0.3 is 10.2 Å². The predicted molar refractivity (Wildman–Crippen MR) is 75.9 cm³/mol. The van der Waals surface area contributed by atoms with Gasteiger partial charge in [-0.2, -0.15) is 0 Å². The molecule has 0 aliphatic carbocycles. The van der Waals surface area contributed by atoms with E-state index in [9.17, 15) is 0 Å². The van der Waals surface area contributed by atoms with Gasteiger partial charge in [0.2, 0.25) is 0 Å². The fraction of sp³-hybridized carbons (Fsp3) is 0.643. The van der Waals surface area contributed by atoms with Gasteiger partial charge in [-0.3, -0.25) is 4.90 Å². The van der Waals surface area contributed by atoms with Gasteiger partial charge in [0.1, 0.15) is 5.82 Å². The summed E-state index contributed by atoms with van der Waals surface area (Å²) in [5, 5.41) is 3.42. The van der Waals surface area contributed by atoms with E-state index in [4.69, 9.17) is 0 Å². The van der Waals surface area contributed by atoms with E-state index in [0.29, 0.717) is 6.04 Å². The van der Waals surface area contributed by atoms with Crippen molar-refractivity contribution in [3.63, 3.8) is 0 Å². The lowest BCUT2D eigenvalue weighted by atomic mass is 10.2. The molecule has 2 rings (SSSR count). The van der Waals surface area contributed by atoms with E-state index in [1.54, 1.807) is 0 Å². The Morgan fingerprint density at radius 3 is 2.94 bits per heavy atom. The molecular formula is C14H24N4. The molecule has 0 bridgehead atoms. The molecule has 0 amide bonds. The molecule has 1 N–H and O–H groups in total. The van der Waals surface area contributed by atoms with Crippen LogP contribution in [0.3, 0.4) is 0 Å². The van der Waals surface area contributed by atoms with Crippen LogP contribution in [0.1, 0.15) is 19.4 Å². The first kappa shape index (κ1) is 13.3. The highest BCUT2D eigenvalue weighted by molar-refractivity contribution is 5.37. The van der Waals surface area contributed by atoms with Gasteiger partial charge in [-0.05, 0) is 25.5 Å². The number of pyridine rings is 1. The Hall–Kier alpha value is -1.13. The van der Waals surface area contributed by atoms with Crippen LogP contribution in [0.25, 0.3) is 0 Å². The Balaban J connectivity index is 1.97. The molecule has 0 radical (unpaired) electrons. The Bertz CT molecular complexity index is 363. The first-order valence-electron chi connectivity index (χ1n) is 6.81. The molecule has 18 heavy (non-hydrogen) atoms. The summed E-state index contributed by atoms with van der Waals surface area (Å²) in [7, 11) is 2.07. The van der Waals surface area contributed by atoms with Crippen molar-refractivity contribution >= 4 is 5.82 Å². The first-order chi connectivity index (χ1) is 8.70. The molecule has 1 aromatic rings. The maximum atomic E-state index is 4.52. The molecule has 1 aromatic heterocycles. The molecule has 1 fully saturated rings. The third-order valence-corrected chi connectivity index (χ3v) is 3.70. The maximum absolute atomic E-state index is 4.52. The molecule has 100 valence electrons. The molecule has 1 aliphatic rings. The number of anilines is 1. The molecule has 0 saturated carbocycles. The van der Waals surface area contributed by atoms with Gasteiger partial charge >= 0.3 is 0 Å². The van der Waals surface area contributed by atoms with Crippen LogP contribution < -0.4 is 10.2 Å². The zero-order valence-electron chi connectivity index (χ0n) is 11.7. The average molecular weight is 248 g/mol. The van der Waals surface area contributed by atoms with Gasteiger partial charge in [0.15, 0.2) is 0 Å². The largest absolute Gasteiger partial charge is 0.360 e. The SMILES string of the molecule is CCN(C)c1ccc(CN2CCNCC2C)cn1. The summed E-state index contributed by atoms with van der Waals surface area (Å²) >= 11 is 0. The summed E-state index contributed by atoms with van der Waals surface area (Å²) in [5.41, 5.74) is 1.30. The van der Waals surface area contributed by atoms with Crippen molar-refractivity contribution in [2.45, 2.75) is 26.4 Å². The van der Waals surface area contributed by atoms with E-state index >= 15 is 0 Å². The van der Waals surface area contributed by atoms with Gasteiger partial charge in [0.05, 0.1) is 0 Å². The highest BCUT2D eigenvalue weighted by Gasteiger charge is 2.17. The number of aromatic nitrogens is 1. The van der Waals surface area contributed by atoms with Gasteiger partial charge in [-0.1, -0.05) is 6.07 Å². The lowest BCUT2D eigenvalue weighted by molar-refractivity contribution is 0.165. The monoisotopic (exact) mass is 248 g/mol. The fourth-order valence-electron chi connectivity index (χ4n) is 2.25. The molecule has 1 saturated heterocycles. The molecule has 4 heteroatoms. The lowest BCUT2D eigenvalue weighted by Crippen LogP contribution is -2.49. The zero-order valence-corrected chi connectivity index (χ0v) is 11.7. The van der Waals surface area contributed by atoms with E-state index in [-0.39, 0.29) is 0 Å². The smallest absolute Gasteiger partial charge is 0.128 e. The van der Waals surface area contributed by atoms with Crippen LogP contribution in [0.5, 0.6) is 0 Å². The maximum Gasteiger partial charge on any atom is 0.128 e. The molecule has 4 nitrogen and oxygen atoms in total. The topological polar surface area (TPSA) is 31.4 Å². The number of nitrogens with one attached hydrogen (secondary N) is 1. The van der Waals surface area contributed by atoms with E-state index in [1.807, 2.05) is 6.20 Å². The van der Waals surface area contributed by atoms with Gasteiger partial charge in [0.25, 0.3) is 0 Å². The van der Waals surface area contributed by atoms with E-state index in [2.05, 4.69) is 53.1 Å². The summed E-state index contributed by atoms with van der Waals surface area (Å²) in [6, 6.07) is 4.92. The standard InChI is InChI=1S/C14H24N4/c1-4-17(3)14-6-5-13(10-16-14)11-18-8-7-15-9-12(18)2/h5-6,10,12,15H,4,7-9,11H2,1-3H3. The van der Waals surface area contributed by atoms with E-state index < -0.39 is 0 Å². The van der Waals surface area contributed by atoms with Crippen molar-refractivity contribution in [1.29, 1.82) is 0 Å². The van der Waals surface area contributed by atoms with Crippen LogP contribution >= 0.6 is 0 Å². The fourth-order valence-corrected chi connectivity index (χ4v) is 2.25. The second-order valence-corrected chi connectivity index (χ2v) is 5.06. The second-order valence-electron chi connectivity index (χ2n) is 5.06. The molecule has 1 atom stereocenters. The number of rotatable bonds is 4. The van der Waals surface area contributed by atoms with E-state index in [1.165, 1.54) is 5.56 Å². The Kier molecular flexibility index (Phi) is 4.55. The number of hydrogen-bond acceptors (Lipinski definition) is 4. The third-order valence-electron chi connectivity index (χ3n) is 3.70. The van der Waals surface area contributed by atoms with Crippen LogP contribution in [-0.4, -0.2) is 49.2 Å². The van der Waals surface area contributed by atoms with Crippen molar-refractivity contribution in [3.8, 4) is 0 Å². The van der Waals surface area contributed by atoms with Crippen molar-refractivity contribution in [3.05, 3.63) is 23.9 Å². The highest BCUT2D eigenvalue weighted by Crippen LogP contribution is 2.13. The molecule has 0 aromatic carbocycles. The van der Waals surface area contributed by atoms with Crippen molar-refractivity contribution in [2.24, 2.45) is 0 Å². The average Bonchev–Trinajstić information content (AvgIpc) is 2.41. The van der Waals surface area contributed by atoms with Gasteiger partial charge in [0, 0.05) is 52.0 Å². The Morgan fingerprint density at radius 2 is 2.33 bits per heavy atom. The number of hydrogen-bond donors (Lipinski definition) is 1. The highest BCUT2D eigenvalue weighted by atomic mass is 15.2. The lowest BCUT2D eigenvalue weighted by Gasteiger charge is -2.33. The van der Waals surface area contributed by atoms with Crippen LogP contribution in [-0.2, 0) is 6.54 Å². The molecule has 1 aliphatic heterocycles. The van der Waals surface area contributed by atoms with Gasteiger partial charge in [-0.15, -0.1) is 0 Å². The third kappa shape index (κ3) is 3.21. The number of piperazine rings is 1. The molecule has 1 unspecified atom stereocenters. The Labute approximate surface area is 110 Å².